The Hall–Kier alpha value is -3.07. The molecular weight excluding hydrogens is 468 g/mol. The van der Waals surface area contributed by atoms with Gasteiger partial charge in [-0.2, -0.15) is 12.6 Å². The van der Waals surface area contributed by atoms with Crippen LogP contribution in [0.4, 0.5) is 0 Å². The predicted molar refractivity (Wildman–Crippen MR) is 128 cm³/mol. The molecule has 0 aromatic rings. The molecule has 194 valence electrons. The summed E-state index contributed by atoms with van der Waals surface area (Å²) < 4.78 is 0. The number of carboxylic acids is 1. The number of amides is 4. The molecular formula is C19H36N8O6S. The number of rotatable bonds is 16. The Morgan fingerprint density at radius 2 is 1.41 bits per heavy atom. The van der Waals surface area contributed by atoms with E-state index >= 15 is 0 Å². The van der Waals surface area contributed by atoms with Crippen molar-refractivity contribution in [3.63, 3.8) is 0 Å². The standard InChI is InChI=1S/C19H36N8O6S/c1-9(2)14(21)17(31)27-12(8-34)16(30)25-10(4-3-7-24-19(22)23)15(29)26-11(18(32)33)5-6-13(20)28/h9-12,14,34H,3-8,21H2,1-2H3,(H2,20,28)(H,25,30)(H,26,29)(H,27,31)(H,32,33)(H4,22,23,24). The van der Waals surface area contributed by atoms with Crippen LogP contribution in [-0.2, 0) is 24.0 Å². The van der Waals surface area contributed by atoms with Crippen LogP contribution in [-0.4, -0.2) is 77.1 Å². The van der Waals surface area contributed by atoms with Crippen molar-refractivity contribution in [2.75, 3.05) is 12.3 Å². The molecule has 0 aromatic heterocycles. The van der Waals surface area contributed by atoms with Crippen LogP contribution >= 0.6 is 12.6 Å². The van der Waals surface area contributed by atoms with Crippen molar-refractivity contribution in [2.24, 2.45) is 33.8 Å². The number of thiol groups is 1. The summed E-state index contributed by atoms with van der Waals surface area (Å²) in [5.74, 6) is -4.59. The first-order valence-electron chi connectivity index (χ1n) is 10.6. The first-order valence-corrected chi connectivity index (χ1v) is 11.3. The van der Waals surface area contributed by atoms with Crippen LogP contribution in [0.1, 0.15) is 39.5 Å². The van der Waals surface area contributed by atoms with Crippen molar-refractivity contribution >= 4 is 48.2 Å². The molecule has 34 heavy (non-hydrogen) atoms. The summed E-state index contributed by atoms with van der Waals surface area (Å²) in [7, 11) is 0. The minimum Gasteiger partial charge on any atom is -0.480 e. The zero-order chi connectivity index (χ0) is 26.4. The maximum Gasteiger partial charge on any atom is 0.326 e. The lowest BCUT2D eigenvalue weighted by Crippen LogP contribution is -2.58. The third kappa shape index (κ3) is 12.2. The Kier molecular flexibility index (Phi) is 14.3. The van der Waals surface area contributed by atoms with Gasteiger partial charge in [0.15, 0.2) is 5.96 Å². The molecule has 0 saturated heterocycles. The summed E-state index contributed by atoms with van der Waals surface area (Å²) in [6.07, 6.45) is -0.170. The Balaban J connectivity index is 5.44. The number of carbonyl (C=O) groups excluding carboxylic acids is 4. The van der Waals surface area contributed by atoms with Gasteiger partial charge in [-0.05, 0) is 25.2 Å². The van der Waals surface area contributed by atoms with Crippen LogP contribution in [0.25, 0.3) is 0 Å². The number of hydrogen-bond acceptors (Lipinski definition) is 8. The van der Waals surface area contributed by atoms with Gasteiger partial charge in [-0.15, -0.1) is 0 Å². The number of carbonyl (C=O) groups is 5. The zero-order valence-corrected chi connectivity index (χ0v) is 20.2. The fraction of sp³-hybridized carbons (Fsp3) is 0.684. The molecule has 12 N–H and O–H groups in total. The van der Waals surface area contributed by atoms with Gasteiger partial charge in [0.1, 0.15) is 18.1 Å². The number of primary amides is 1. The van der Waals surface area contributed by atoms with Gasteiger partial charge in [-0.25, -0.2) is 4.79 Å². The van der Waals surface area contributed by atoms with Crippen molar-refractivity contribution in [2.45, 2.75) is 63.7 Å². The number of nitrogens with one attached hydrogen (secondary N) is 3. The van der Waals surface area contributed by atoms with E-state index in [0.29, 0.717) is 0 Å². The lowest BCUT2D eigenvalue weighted by atomic mass is 10.0. The molecule has 0 saturated carbocycles. The van der Waals surface area contributed by atoms with E-state index in [4.69, 9.17) is 22.9 Å². The highest BCUT2D eigenvalue weighted by Crippen LogP contribution is 2.05. The average molecular weight is 505 g/mol. The second-order valence-corrected chi connectivity index (χ2v) is 8.29. The SMILES string of the molecule is CC(C)C(N)C(=O)NC(CS)C(=O)NC(CCCN=C(N)N)C(=O)NC(CCC(N)=O)C(=O)O. The van der Waals surface area contributed by atoms with Crippen LogP contribution in [0.3, 0.4) is 0 Å². The predicted octanol–water partition coefficient (Wildman–Crippen LogP) is -3.24. The summed E-state index contributed by atoms with van der Waals surface area (Å²) in [6, 6.07) is -4.54. The molecule has 0 aromatic carbocycles. The van der Waals surface area contributed by atoms with Crippen molar-refractivity contribution in [3.8, 4) is 0 Å². The third-order valence-corrected chi connectivity index (χ3v) is 5.07. The van der Waals surface area contributed by atoms with Crippen LogP contribution in [0.5, 0.6) is 0 Å². The van der Waals surface area contributed by atoms with Gasteiger partial charge in [-0.3, -0.25) is 24.2 Å². The highest BCUT2D eigenvalue weighted by molar-refractivity contribution is 7.80. The zero-order valence-electron chi connectivity index (χ0n) is 19.3. The number of nitrogens with two attached hydrogens (primary N) is 4. The van der Waals surface area contributed by atoms with E-state index in [1.165, 1.54) is 0 Å². The lowest BCUT2D eigenvalue weighted by molar-refractivity contribution is -0.142. The molecule has 0 bridgehead atoms. The van der Waals surface area contributed by atoms with E-state index in [2.05, 4.69) is 33.6 Å². The van der Waals surface area contributed by atoms with E-state index in [0.717, 1.165) is 0 Å². The molecule has 4 unspecified atom stereocenters. The van der Waals surface area contributed by atoms with Crippen molar-refractivity contribution in [3.05, 3.63) is 0 Å². The number of hydrogen-bond donors (Lipinski definition) is 9. The average Bonchev–Trinajstić information content (AvgIpc) is 2.75. The van der Waals surface area contributed by atoms with E-state index in [-0.39, 0.29) is 49.9 Å². The molecule has 0 rings (SSSR count). The molecule has 0 fully saturated rings. The molecule has 14 nitrogen and oxygen atoms in total. The van der Waals surface area contributed by atoms with Gasteiger partial charge in [0.2, 0.25) is 23.6 Å². The highest BCUT2D eigenvalue weighted by atomic mass is 32.1. The third-order valence-electron chi connectivity index (χ3n) is 4.71. The topological polar surface area (TPSA) is 258 Å². The Bertz CT molecular complexity index is 759. The molecule has 0 heterocycles. The van der Waals surface area contributed by atoms with Gasteiger partial charge in [0, 0.05) is 18.7 Å². The van der Waals surface area contributed by atoms with Crippen LogP contribution in [0.2, 0.25) is 0 Å². The smallest absolute Gasteiger partial charge is 0.326 e. The van der Waals surface area contributed by atoms with Crippen molar-refractivity contribution < 1.29 is 29.1 Å². The summed E-state index contributed by atoms with van der Waals surface area (Å²) in [5.41, 5.74) is 21.4. The molecule has 0 aliphatic rings. The first kappa shape index (κ1) is 30.9. The van der Waals surface area contributed by atoms with Gasteiger partial charge in [0.05, 0.1) is 6.04 Å². The molecule has 0 aliphatic carbocycles. The first-order chi connectivity index (χ1) is 15.8. The van der Waals surface area contributed by atoms with E-state index in [9.17, 15) is 29.1 Å². The molecule has 0 aliphatic heterocycles. The number of carboxylic acid groups (broad SMARTS) is 1. The molecule has 0 radical (unpaired) electrons. The van der Waals surface area contributed by atoms with Crippen molar-refractivity contribution in [1.29, 1.82) is 0 Å². The summed E-state index contributed by atoms with van der Waals surface area (Å²) in [4.78, 5) is 64.0. The minimum absolute atomic E-state index is 0.0509. The van der Waals surface area contributed by atoms with Crippen molar-refractivity contribution in [1.82, 2.24) is 16.0 Å². The second-order valence-electron chi connectivity index (χ2n) is 7.93. The van der Waals surface area contributed by atoms with Gasteiger partial charge in [0.25, 0.3) is 0 Å². The maximum absolute atomic E-state index is 12.8. The number of aliphatic carboxylic acids is 1. The quantitative estimate of drug-likeness (QED) is 0.0442. The van der Waals surface area contributed by atoms with Gasteiger partial charge < -0.3 is 44.0 Å². The second kappa shape index (κ2) is 15.7. The summed E-state index contributed by atoms with van der Waals surface area (Å²) in [6.45, 7) is 3.64. The minimum atomic E-state index is -1.40. The molecule has 0 spiro atoms. The number of aliphatic imine (C=N–C) groups is 1. The molecule has 4 amide bonds. The Morgan fingerprint density at radius 3 is 1.88 bits per heavy atom. The van der Waals surface area contributed by atoms with Gasteiger partial charge >= 0.3 is 5.97 Å². The number of guanidine groups is 1. The van der Waals surface area contributed by atoms with E-state index < -0.39 is 53.8 Å². The number of nitrogens with zero attached hydrogens (tertiary/aromatic N) is 1. The largest absolute Gasteiger partial charge is 0.480 e. The maximum atomic E-state index is 12.8. The molecule has 15 heteroatoms. The Labute approximate surface area is 203 Å². The lowest BCUT2D eigenvalue weighted by Gasteiger charge is -2.25. The fourth-order valence-electron chi connectivity index (χ4n) is 2.63. The molecule has 4 atom stereocenters. The normalized spacial score (nSPS) is 14.3. The summed E-state index contributed by atoms with van der Waals surface area (Å²) in [5, 5.41) is 16.6. The van der Waals surface area contributed by atoms with Gasteiger partial charge in [-0.1, -0.05) is 13.8 Å². The highest BCUT2D eigenvalue weighted by Gasteiger charge is 2.30. The monoisotopic (exact) mass is 504 g/mol. The van der Waals surface area contributed by atoms with Crippen LogP contribution in [0, 0.1) is 5.92 Å². The Morgan fingerprint density at radius 1 is 0.882 bits per heavy atom. The fourth-order valence-corrected chi connectivity index (χ4v) is 2.88. The van der Waals surface area contributed by atoms with Crippen LogP contribution < -0.4 is 38.9 Å². The van der Waals surface area contributed by atoms with E-state index in [1.54, 1.807) is 13.8 Å². The van der Waals surface area contributed by atoms with Crippen LogP contribution in [0.15, 0.2) is 4.99 Å². The van der Waals surface area contributed by atoms with E-state index in [1.807, 2.05) is 0 Å². The summed E-state index contributed by atoms with van der Waals surface area (Å²) >= 11 is 4.08.